The number of aromatic nitrogens is 2. The molecule has 0 saturated carbocycles. The van der Waals surface area contributed by atoms with Gasteiger partial charge in [-0.05, 0) is 44.5 Å². The Morgan fingerprint density at radius 1 is 0.912 bits per heavy atom. The predicted octanol–water partition coefficient (Wildman–Crippen LogP) is 5.77. The summed E-state index contributed by atoms with van der Waals surface area (Å²) < 4.78 is 1.79. The molecule has 3 aromatic carbocycles. The predicted molar refractivity (Wildman–Crippen MR) is 134 cm³/mol. The molecule has 0 saturated heterocycles. The van der Waals surface area contributed by atoms with E-state index in [1.807, 2.05) is 75.4 Å². The SMILES string of the molecule is Cc1ccc([C@H]2c3c(C)nn(-c4ccccc4)c3NC(=O)[C@@H]2CC(=O)c2cccc(C)c2)cc1. The number of anilines is 1. The van der Waals surface area contributed by atoms with E-state index in [2.05, 4.69) is 29.6 Å². The Labute approximate surface area is 199 Å². The average Bonchev–Trinajstić information content (AvgIpc) is 3.16. The molecule has 1 N–H and O–H groups in total. The normalized spacial score (nSPS) is 17.2. The number of carbonyl (C=O) groups excluding carboxylic acids is 2. The molecule has 34 heavy (non-hydrogen) atoms. The quantitative estimate of drug-likeness (QED) is 0.393. The minimum absolute atomic E-state index is 0.0301. The molecule has 1 aliphatic rings. The number of benzene rings is 3. The third kappa shape index (κ3) is 3.94. The molecule has 0 bridgehead atoms. The minimum atomic E-state index is -0.532. The Bertz CT molecular complexity index is 1370. The minimum Gasteiger partial charge on any atom is -0.310 e. The number of amides is 1. The van der Waals surface area contributed by atoms with E-state index in [-0.39, 0.29) is 24.0 Å². The summed E-state index contributed by atoms with van der Waals surface area (Å²) in [6.45, 7) is 5.98. The topological polar surface area (TPSA) is 64.0 Å². The van der Waals surface area contributed by atoms with Crippen molar-refractivity contribution in [1.29, 1.82) is 0 Å². The first-order valence-corrected chi connectivity index (χ1v) is 11.5. The van der Waals surface area contributed by atoms with Crippen molar-refractivity contribution in [2.75, 3.05) is 5.32 Å². The van der Waals surface area contributed by atoms with Crippen LogP contribution in [0.5, 0.6) is 0 Å². The van der Waals surface area contributed by atoms with Crippen molar-refractivity contribution in [2.45, 2.75) is 33.1 Å². The third-order valence-corrected chi connectivity index (χ3v) is 6.58. The fourth-order valence-electron chi connectivity index (χ4n) is 4.87. The number of aryl methyl sites for hydroxylation is 3. The zero-order chi connectivity index (χ0) is 23.8. The summed E-state index contributed by atoms with van der Waals surface area (Å²) >= 11 is 0. The Hall–Kier alpha value is -3.99. The Balaban J connectivity index is 1.62. The van der Waals surface area contributed by atoms with Gasteiger partial charge in [-0.1, -0.05) is 71.8 Å². The molecule has 0 fully saturated rings. The fourth-order valence-corrected chi connectivity index (χ4v) is 4.87. The number of carbonyl (C=O) groups is 2. The molecule has 0 unspecified atom stereocenters. The molecule has 1 aliphatic heterocycles. The summed E-state index contributed by atoms with van der Waals surface area (Å²) in [5, 5.41) is 7.88. The van der Waals surface area contributed by atoms with E-state index in [1.54, 1.807) is 4.68 Å². The molecule has 0 aliphatic carbocycles. The van der Waals surface area contributed by atoms with Gasteiger partial charge in [0.15, 0.2) is 5.78 Å². The molecular formula is C29H27N3O2. The lowest BCUT2D eigenvalue weighted by atomic mass is 9.75. The van der Waals surface area contributed by atoms with Gasteiger partial charge in [0, 0.05) is 23.5 Å². The summed E-state index contributed by atoms with van der Waals surface area (Å²) in [4.78, 5) is 26.8. The Morgan fingerprint density at radius 3 is 2.35 bits per heavy atom. The summed E-state index contributed by atoms with van der Waals surface area (Å²) in [5.41, 5.74) is 6.51. The van der Waals surface area contributed by atoms with Crippen molar-refractivity contribution < 1.29 is 9.59 Å². The largest absolute Gasteiger partial charge is 0.310 e. The Morgan fingerprint density at radius 2 is 1.65 bits per heavy atom. The number of nitrogens with one attached hydrogen (secondary N) is 1. The maximum absolute atomic E-state index is 13.5. The van der Waals surface area contributed by atoms with Crippen LogP contribution in [0, 0.1) is 26.7 Å². The van der Waals surface area contributed by atoms with Crippen LogP contribution in [0.15, 0.2) is 78.9 Å². The molecule has 4 aromatic rings. The van der Waals surface area contributed by atoms with E-state index in [9.17, 15) is 9.59 Å². The van der Waals surface area contributed by atoms with Gasteiger partial charge in [-0.25, -0.2) is 4.68 Å². The molecule has 2 atom stereocenters. The average molecular weight is 450 g/mol. The maximum Gasteiger partial charge on any atom is 0.230 e. The lowest BCUT2D eigenvalue weighted by Gasteiger charge is -2.32. The number of para-hydroxylation sites is 1. The van der Waals surface area contributed by atoms with Crippen LogP contribution in [-0.2, 0) is 4.79 Å². The zero-order valence-corrected chi connectivity index (χ0v) is 19.6. The third-order valence-electron chi connectivity index (χ3n) is 6.58. The molecule has 5 nitrogen and oxygen atoms in total. The first kappa shape index (κ1) is 21.8. The molecule has 0 radical (unpaired) electrons. The van der Waals surface area contributed by atoms with E-state index < -0.39 is 5.92 Å². The van der Waals surface area contributed by atoms with Gasteiger partial charge in [-0.2, -0.15) is 5.10 Å². The van der Waals surface area contributed by atoms with Gasteiger partial charge < -0.3 is 5.32 Å². The number of hydrogen-bond donors (Lipinski definition) is 1. The monoisotopic (exact) mass is 449 g/mol. The van der Waals surface area contributed by atoms with Gasteiger partial charge in [0.05, 0.1) is 17.3 Å². The summed E-state index contributed by atoms with van der Waals surface area (Å²) in [5.74, 6) is -0.307. The van der Waals surface area contributed by atoms with Crippen molar-refractivity contribution >= 4 is 17.5 Å². The van der Waals surface area contributed by atoms with Crippen molar-refractivity contribution in [3.05, 3.63) is 112 Å². The molecule has 5 rings (SSSR count). The highest BCUT2D eigenvalue weighted by atomic mass is 16.2. The summed E-state index contributed by atoms with van der Waals surface area (Å²) in [6, 6.07) is 25.6. The number of nitrogens with zero attached hydrogens (tertiary/aromatic N) is 2. The second-order valence-electron chi connectivity index (χ2n) is 9.08. The van der Waals surface area contributed by atoms with E-state index in [0.717, 1.165) is 33.6 Å². The smallest absolute Gasteiger partial charge is 0.230 e. The van der Waals surface area contributed by atoms with Crippen molar-refractivity contribution in [3.8, 4) is 5.69 Å². The van der Waals surface area contributed by atoms with Crippen LogP contribution in [0.1, 0.15) is 50.6 Å². The summed E-state index contributed by atoms with van der Waals surface area (Å²) in [7, 11) is 0. The van der Waals surface area contributed by atoms with Crippen molar-refractivity contribution in [3.63, 3.8) is 0 Å². The van der Waals surface area contributed by atoms with Crippen molar-refractivity contribution in [1.82, 2.24) is 9.78 Å². The molecular weight excluding hydrogens is 422 g/mol. The van der Waals surface area contributed by atoms with E-state index in [0.29, 0.717) is 11.4 Å². The molecule has 1 aromatic heterocycles. The molecule has 2 heterocycles. The van der Waals surface area contributed by atoms with Gasteiger partial charge in [0.1, 0.15) is 5.82 Å². The van der Waals surface area contributed by atoms with Gasteiger partial charge in [0.25, 0.3) is 0 Å². The number of rotatable bonds is 5. The van der Waals surface area contributed by atoms with Gasteiger partial charge in [-0.15, -0.1) is 0 Å². The van der Waals surface area contributed by atoms with Gasteiger partial charge in [0.2, 0.25) is 5.91 Å². The van der Waals surface area contributed by atoms with E-state index in [4.69, 9.17) is 5.10 Å². The van der Waals surface area contributed by atoms with Crippen LogP contribution in [0.2, 0.25) is 0 Å². The molecule has 1 amide bonds. The number of Topliss-reactive ketones (excluding diaryl/α,β-unsaturated/α-hetero) is 1. The van der Waals surface area contributed by atoms with Crippen molar-refractivity contribution in [2.24, 2.45) is 5.92 Å². The molecule has 5 heteroatoms. The highest BCUT2D eigenvalue weighted by Gasteiger charge is 2.41. The number of hydrogen-bond acceptors (Lipinski definition) is 3. The standard InChI is InChI=1S/C29H27N3O2/c1-18-12-14-21(15-13-18)27-24(17-25(33)22-9-7-8-19(2)16-22)29(34)30-28-26(27)20(3)31-32(28)23-10-5-4-6-11-23/h4-16,24,27H,17H2,1-3H3,(H,30,34)/t24-,27-/m1/s1. The molecule has 0 spiro atoms. The Kier molecular flexibility index (Phi) is 5.62. The summed E-state index contributed by atoms with van der Waals surface area (Å²) in [6.07, 6.45) is 0.128. The van der Waals surface area contributed by atoms with E-state index in [1.165, 1.54) is 0 Å². The first-order valence-electron chi connectivity index (χ1n) is 11.5. The van der Waals surface area contributed by atoms with Crippen LogP contribution in [0.25, 0.3) is 5.69 Å². The fraction of sp³-hybridized carbons (Fsp3) is 0.207. The molecule has 170 valence electrons. The van der Waals surface area contributed by atoms with E-state index >= 15 is 0 Å². The van der Waals surface area contributed by atoms with Crippen LogP contribution in [0.3, 0.4) is 0 Å². The number of fused-ring (bicyclic) bond motifs is 1. The van der Waals surface area contributed by atoms with Crippen LogP contribution >= 0.6 is 0 Å². The zero-order valence-electron chi connectivity index (χ0n) is 19.6. The van der Waals surface area contributed by atoms with Crippen LogP contribution in [-0.4, -0.2) is 21.5 Å². The van der Waals surface area contributed by atoms with Gasteiger partial charge in [-0.3, -0.25) is 9.59 Å². The van der Waals surface area contributed by atoms with Crippen LogP contribution in [0.4, 0.5) is 5.82 Å². The lowest BCUT2D eigenvalue weighted by Crippen LogP contribution is -2.36. The highest BCUT2D eigenvalue weighted by Crippen LogP contribution is 2.44. The highest BCUT2D eigenvalue weighted by molar-refractivity contribution is 6.03. The second-order valence-corrected chi connectivity index (χ2v) is 9.08. The second kappa shape index (κ2) is 8.75. The first-order chi connectivity index (χ1) is 16.4. The maximum atomic E-state index is 13.5. The van der Waals surface area contributed by atoms with Crippen LogP contribution < -0.4 is 5.32 Å². The lowest BCUT2D eigenvalue weighted by molar-refractivity contribution is -0.120. The number of ketones is 1. The van der Waals surface area contributed by atoms with Gasteiger partial charge >= 0.3 is 0 Å².